The number of sulfone groups is 1. The van der Waals surface area contributed by atoms with Crippen LogP contribution < -0.4 is 5.32 Å². The molecule has 0 spiro atoms. The van der Waals surface area contributed by atoms with Gasteiger partial charge < -0.3 is 5.32 Å². The summed E-state index contributed by atoms with van der Waals surface area (Å²) in [7, 11) is -0.805. The molecule has 74 valence electrons. The molecule has 0 bridgehead atoms. The second-order valence-electron chi connectivity index (χ2n) is 3.15. The average molecular weight is 193 g/mol. The van der Waals surface area contributed by atoms with Crippen LogP contribution in [0.15, 0.2) is 0 Å². The summed E-state index contributed by atoms with van der Waals surface area (Å²) < 4.78 is 21.4. The van der Waals surface area contributed by atoms with E-state index in [0.29, 0.717) is 5.75 Å². The van der Waals surface area contributed by atoms with Crippen LogP contribution in [0.5, 0.6) is 0 Å². The lowest BCUT2D eigenvalue weighted by Crippen LogP contribution is -2.07. The molecule has 0 aliphatic heterocycles. The first kappa shape index (κ1) is 11.9. The Bertz CT molecular complexity index is 187. The van der Waals surface area contributed by atoms with E-state index >= 15 is 0 Å². The van der Waals surface area contributed by atoms with Crippen molar-refractivity contribution in [3.63, 3.8) is 0 Å². The summed E-state index contributed by atoms with van der Waals surface area (Å²) in [6.07, 6.45) is 5.38. The first-order chi connectivity index (χ1) is 5.56. The molecule has 0 atom stereocenters. The standard InChI is InChI=1S/C8H19NO2S/c1-9-7-5-3-4-6-8-12(2,10)11/h9H,3-8H2,1-2H3. The second kappa shape index (κ2) is 6.43. The molecule has 0 amide bonds. The molecule has 0 rings (SSSR count). The molecule has 0 fully saturated rings. The highest BCUT2D eigenvalue weighted by Gasteiger charge is 2.00. The molecular weight excluding hydrogens is 174 g/mol. The van der Waals surface area contributed by atoms with Crippen molar-refractivity contribution in [3.05, 3.63) is 0 Å². The van der Waals surface area contributed by atoms with Crippen LogP contribution in [0.2, 0.25) is 0 Å². The van der Waals surface area contributed by atoms with Crippen molar-refractivity contribution in [3.8, 4) is 0 Å². The van der Waals surface area contributed by atoms with E-state index in [0.717, 1.165) is 32.2 Å². The van der Waals surface area contributed by atoms with Crippen molar-refractivity contribution in [2.75, 3.05) is 25.6 Å². The van der Waals surface area contributed by atoms with E-state index in [-0.39, 0.29) is 0 Å². The van der Waals surface area contributed by atoms with Crippen molar-refractivity contribution in [1.82, 2.24) is 5.32 Å². The lowest BCUT2D eigenvalue weighted by atomic mass is 10.2. The van der Waals surface area contributed by atoms with Crippen molar-refractivity contribution >= 4 is 9.84 Å². The Morgan fingerprint density at radius 2 is 1.67 bits per heavy atom. The van der Waals surface area contributed by atoms with Gasteiger partial charge in [0.05, 0.1) is 0 Å². The van der Waals surface area contributed by atoms with Gasteiger partial charge in [-0.15, -0.1) is 0 Å². The molecule has 0 unspecified atom stereocenters. The SMILES string of the molecule is CNCCCCCCS(C)(=O)=O. The van der Waals surface area contributed by atoms with E-state index in [1.165, 1.54) is 6.26 Å². The number of hydrogen-bond donors (Lipinski definition) is 1. The third-order valence-electron chi connectivity index (χ3n) is 1.69. The molecule has 0 radical (unpaired) electrons. The van der Waals surface area contributed by atoms with Gasteiger partial charge in [-0.3, -0.25) is 0 Å². The van der Waals surface area contributed by atoms with Crippen LogP contribution in [0.25, 0.3) is 0 Å². The largest absolute Gasteiger partial charge is 0.320 e. The van der Waals surface area contributed by atoms with E-state index in [9.17, 15) is 8.42 Å². The predicted octanol–water partition coefficient (Wildman–Crippen LogP) is 0.811. The molecule has 0 aromatic heterocycles. The summed E-state index contributed by atoms with van der Waals surface area (Å²) in [5, 5.41) is 3.06. The summed E-state index contributed by atoms with van der Waals surface area (Å²) >= 11 is 0. The van der Waals surface area contributed by atoms with Crippen LogP contribution >= 0.6 is 0 Å². The maximum absolute atomic E-state index is 10.7. The molecular formula is C8H19NO2S. The van der Waals surface area contributed by atoms with Gasteiger partial charge in [0.2, 0.25) is 0 Å². The second-order valence-corrected chi connectivity index (χ2v) is 5.41. The van der Waals surface area contributed by atoms with Crippen LogP contribution in [-0.4, -0.2) is 34.0 Å². The van der Waals surface area contributed by atoms with E-state index in [4.69, 9.17) is 0 Å². The monoisotopic (exact) mass is 193 g/mol. The van der Waals surface area contributed by atoms with Gasteiger partial charge in [0.15, 0.2) is 0 Å². The van der Waals surface area contributed by atoms with E-state index in [2.05, 4.69) is 5.32 Å². The van der Waals surface area contributed by atoms with Gasteiger partial charge in [-0.1, -0.05) is 12.8 Å². The van der Waals surface area contributed by atoms with Crippen LogP contribution in [0.1, 0.15) is 25.7 Å². The minimum absolute atomic E-state index is 0.340. The van der Waals surface area contributed by atoms with Crippen LogP contribution in [0.3, 0.4) is 0 Å². The first-order valence-electron chi connectivity index (χ1n) is 4.38. The lowest BCUT2D eigenvalue weighted by Gasteiger charge is -1.99. The van der Waals surface area contributed by atoms with Crippen molar-refractivity contribution in [2.24, 2.45) is 0 Å². The van der Waals surface area contributed by atoms with Crippen molar-refractivity contribution < 1.29 is 8.42 Å². The summed E-state index contributed by atoms with van der Waals surface area (Å²) in [4.78, 5) is 0. The molecule has 0 aromatic carbocycles. The van der Waals surface area contributed by atoms with Gasteiger partial charge >= 0.3 is 0 Å². The van der Waals surface area contributed by atoms with Gasteiger partial charge in [0.25, 0.3) is 0 Å². The third-order valence-corrected chi connectivity index (χ3v) is 2.72. The fourth-order valence-corrected chi connectivity index (χ4v) is 1.75. The van der Waals surface area contributed by atoms with Crippen molar-refractivity contribution in [2.45, 2.75) is 25.7 Å². The zero-order chi connectivity index (χ0) is 9.45. The lowest BCUT2D eigenvalue weighted by molar-refractivity contribution is 0.590. The zero-order valence-corrected chi connectivity index (χ0v) is 8.78. The number of rotatable bonds is 7. The van der Waals surface area contributed by atoms with Gasteiger partial charge in [-0.05, 0) is 26.4 Å². The fraction of sp³-hybridized carbons (Fsp3) is 1.00. The summed E-state index contributed by atoms with van der Waals surface area (Å²) in [5.41, 5.74) is 0. The maximum Gasteiger partial charge on any atom is 0.147 e. The van der Waals surface area contributed by atoms with Crippen LogP contribution in [0.4, 0.5) is 0 Å². The van der Waals surface area contributed by atoms with E-state index in [1.807, 2.05) is 7.05 Å². The first-order valence-corrected chi connectivity index (χ1v) is 6.44. The highest BCUT2D eigenvalue weighted by atomic mass is 32.2. The third kappa shape index (κ3) is 9.91. The zero-order valence-electron chi connectivity index (χ0n) is 7.97. The maximum atomic E-state index is 10.7. The van der Waals surface area contributed by atoms with E-state index in [1.54, 1.807) is 0 Å². The molecule has 0 aliphatic carbocycles. The average Bonchev–Trinajstić information content (AvgIpc) is 1.94. The number of unbranched alkanes of at least 4 members (excludes halogenated alkanes) is 3. The molecule has 0 aliphatic rings. The van der Waals surface area contributed by atoms with Gasteiger partial charge in [-0.2, -0.15) is 0 Å². The van der Waals surface area contributed by atoms with E-state index < -0.39 is 9.84 Å². The number of hydrogen-bond acceptors (Lipinski definition) is 3. The topological polar surface area (TPSA) is 46.2 Å². The summed E-state index contributed by atoms with van der Waals surface area (Å²) in [6, 6.07) is 0. The summed E-state index contributed by atoms with van der Waals surface area (Å²) in [6.45, 7) is 1.03. The van der Waals surface area contributed by atoms with Crippen LogP contribution in [0, 0.1) is 0 Å². The molecule has 4 heteroatoms. The van der Waals surface area contributed by atoms with Crippen molar-refractivity contribution in [1.29, 1.82) is 0 Å². The quantitative estimate of drug-likeness (QED) is 0.609. The molecule has 0 saturated heterocycles. The van der Waals surface area contributed by atoms with Gasteiger partial charge in [-0.25, -0.2) is 8.42 Å². The smallest absolute Gasteiger partial charge is 0.147 e. The van der Waals surface area contributed by atoms with Gasteiger partial charge in [0, 0.05) is 12.0 Å². The highest BCUT2D eigenvalue weighted by molar-refractivity contribution is 7.90. The normalized spacial score (nSPS) is 11.8. The molecule has 0 aromatic rings. The molecule has 12 heavy (non-hydrogen) atoms. The Labute approximate surface area is 75.5 Å². The Balaban J connectivity index is 3.12. The number of nitrogens with one attached hydrogen (secondary N) is 1. The Morgan fingerprint density at radius 3 is 2.17 bits per heavy atom. The molecule has 3 nitrogen and oxygen atoms in total. The minimum atomic E-state index is -2.73. The Kier molecular flexibility index (Phi) is 6.38. The van der Waals surface area contributed by atoms with Gasteiger partial charge in [0.1, 0.15) is 9.84 Å². The molecule has 1 N–H and O–H groups in total. The summed E-state index contributed by atoms with van der Waals surface area (Å²) in [5.74, 6) is 0.340. The Hall–Kier alpha value is -0.0900. The molecule has 0 saturated carbocycles. The van der Waals surface area contributed by atoms with Crippen LogP contribution in [-0.2, 0) is 9.84 Å². The Morgan fingerprint density at radius 1 is 1.08 bits per heavy atom. The highest BCUT2D eigenvalue weighted by Crippen LogP contribution is 2.00. The molecule has 0 heterocycles. The fourth-order valence-electron chi connectivity index (χ4n) is 1.02. The predicted molar refractivity (Wildman–Crippen MR) is 52.1 cm³/mol. The minimum Gasteiger partial charge on any atom is -0.320 e.